The minimum Gasteiger partial charge on any atom is -0.465 e. The number of hydrogen-bond donors (Lipinski definition) is 2. The van der Waals surface area contributed by atoms with Crippen molar-refractivity contribution in [3.8, 4) is 0 Å². The number of hydrogen-bond acceptors (Lipinski definition) is 4. The lowest BCUT2D eigenvalue weighted by Crippen LogP contribution is -2.36. The number of carbonyl (C=O) groups is 1. The molecule has 1 aliphatic heterocycles. The van der Waals surface area contributed by atoms with Crippen LogP contribution in [0.2, 0.25) is 0 Å². The molecule has 2 aromatic rings. The molecule has 7 nitrogen and oxygen atoms in total. The molecule has 3 heterocycles. The standard InChI is InChI=1S/C12H13N5O2/c13-11-10-5-4-9(17(10)15-7-14-11)8-3-1-2-6-16(8)12(18)19/h1-2,4-5,7-8H,3,6H2,(H,18,19)(H2,13,14,15). The molecule has 1 amide bonds. The fourth-order valence-corrected chi connectivity index (χ4v) is 2.38. The third kappa shape index (κ3) is 1.79. The molecule has 1 aliphatic rings. The van der Waals surface area contributed by atoms with E-state index < -0.39 is 6.09 Å². The van der Waals surface area contributed by atoms with Gasteiger partial charge < -0.3 is 10.8 Å². The van der Waals surface area contributed by atoms with Crippen LogP contribution in [0.4, 0.5) is 10.6 Å². The molecule has 0 aromatic carbocycles. The van der Waals surface area contributed by atoms with Gasteiger partial charge in [-0.15, -0.1) is 0 Å². The fraction of sp³-hybridized carbons (Fsp3) is 0.250. The van der Waals surface area contributed by atoms with Crippen molar-refractivity contribution in [2.45, 2.75) is 12.5 Å². The van der Waals surface area contributed by atoms with Gasteiger partial charge in [0.2, 0.25) is 0 Å². The highest BCUT2D eigenvalue weighted by atomic mass is 16.4. The van der Waals surface area contributed by atoms with Crippen LogP contribution in [-0.4, -0.2) is 37.2 Å². The molecule has 0 saturated heterocycles. The average Bonchev–Trinajstić information content (AvgIpc) is 2.84. The van der Waals surface area contributed by atoms with E-state index in [0.29, 0.717) is 24.3 Å². The van der Waals surface area contributed by atoms with Crippen LogP contribution in [0, 0.1) is 0 Å². The molecule has 98 valence electrons. The zero-order valence-electron chi connectivity index (χ0n) is 10.1. The summed E-state index contributed by atoms with van der Waals surface area (Å²) in [5.41, 5.74) is 7.27. The molecule has 0 saturated carbocycles. The highest BCUT2D eigenvalue weighted by Gasteiger charge is 2.28. The van der Waals surface area contributed by atoms with Crippen LogP contribution in [0.25, 0.3) is 5.52 Å². The smallest absolute Gasteiger partial charge is 0.408 e. The van der Waals surface area contributed by atoms with Gasteiger partial charge in [-0.2, -0.15) is 5.10 Å². The number of nitrogen functional groups attached to an aromatic ring is 1. The zero-order valence-corrected chi connectivity index (χ0v) is 10.1. The van der Waals surface area contributed by atoms with E-state index in [0.717, 1.165) is 5.69 Å². The fourth-order valence-electron chi connectivity index (χ4n) is 2.38. The SMILES string of the molecule is Nc1ncnn2c(C3CC=CCN3C(=O)O)ccc12. The lowest BCUT2D eigenvalue weighted by atomic mass is 10.1. The molecule has 0 aliphatic carbocycles. The van der Waals surface area contributed by atoms with Crippen molar-refractivity contribution >= 4 is 17.4 Å². The summed E-state index contributed by atoms with van der Waals surface area (Å²) in [5.74, 6) is 0.384. The van der Waals surface area contributed by atoms with E-state index in [1.54, 1.807) is 4.52 Å². The topological polar surface area (TPSA) is 96.8 Å². The Bertz CT molecular complexity index is 663. The molecule has 3 N–H and O–H groups in total. The minimum absolute atomic E-state index is 0.251. The van der Waals surface area contributed by atoms with E-state index in [4.69, 9.17) is 5.73 Å². The largest absolute Gasteiger partial charge is 0.465 e. The van der Waals surface area contributed by atoms with E-state index in [2.05, 4.69) is 10.1 Å². The summed E-state index contributed by atoms with van der Waals surface area (Å²) in [6, 6.07) is 3.41. The Kier molecular flexibility index (Phi) is 2.59. The van der Waals surface area contributed by atoms with Gasteiger partial charge in [-0.05, 0) is 18.6 Å². The Hall–Kier alpha value is -2.57. The average molecular weight is 259 g/mol. The first-order chi connectivity index (χ1) is 9.18. The highest BCUT2D eigenvalue weighted by Crippen LogP contribution is 2.29. The summed E-state index contributed by atoms with van der Waals surface area (Å²) in [6.45, 7) is 0.383. The van der Waals surface area contributed by atoms with Gasteiger partial charge in [-0.1, -0.05) is 12.2 Å². The van der Waals surface area contributed by atoms with Crippen molar-refractivity contribution in [2.24, 2.45) is 0 Å². The summed E-state index contributed by atoms with van der Waals surface area (Å²) in [7, 11) is 0. The Morgan fingerprint density at radius 1 is 1.42 bits per heavy atom. The predicted octanol–water partition coefficient (Wildman–Crippen LogP) is 1.29. The quantitative estimate of drug-likeness (QED) is 0.752. The molecule has 1 unspecified atom stereocenters. The molecule has 0 spiro atoms. The second-order valence-corrected chi connectivity index (χ2v) is 4.36. The number of nitrogens with zero attached hydrogens (tertiary/aromatic N) is 4. The van der Waals surface area contributed by atoms with Crippen molar-refractivity contribution in [2.75, 3.05) is 12.3 Å². The van der Waals surface area contributed by atoms with Crippen LogP contribution < -0.4 is 5.73 Å². The predicted molar refractivity (Wildman–Crippen MR) is 68.6 cm³/mol. The molecule has 7 heteroatoms. The van der Waals surface area contributed by atoms with Crippen LogP contribution in [0.15, 0.2) is 30.6 Å². The molecule has 0 fully saturated rings. The Morgan fingerprint density at radius 3 is 3.05 bits per heavy atom. The summed E-state index contributed by atoms with van der Waals surface area (Å²) in [6.07, 6.45) is 4.89. The van der Waals surface area contributed by atoms with Crippen LogP contribution in [0.3, 0.4) is 0 Å². The van der Waals surface area contributed by atoms with Gasteiger partial charge in [0.15, 0.2) is 5.82 Å². The lowest BCUT2D eigenvalue weighted by Gasteiger charge is -2.30. The zero-order chi connectivity index (χ0) is 13.4. The number of aromatic nitrogens is 3. The van der Waals surface area contributed by atoms with Crippen LogP contribution in [-0.2, 0) is 0 Å². The van der Waals surface area contributed by atoms with E-state index >= 15 is 0 Å². The number of nitrogens with two attached hydrogens (primary N) is 1. The Balaban J connectivity index is 2.10. The van der Waals surface area contributed by atoms with E-state index in [1.165, 1.54) is 11.2 Å². The van der Waals surface area contributed by atoms with Gasteiger partial charge in [0.25, 0.3) is 0 Å². The maximum atomic E-state index is 11.3. The number of fused-ring (bicyclic) bond motifs is 1. The van der Waals surface area contributed by atoms with Crippen LogP contribution in [0.5, 0.6) is 0 Å². The minimum atomic E-state index is -0.939. The number of anilines is 1. The molecular weight excluding hydrogens is 246 g/mol. The van der Waals surface area contributed by atoms with Crippen molar-refractivity contribution in [3.05, 3.63) is 36.3 Å². The van der Waals surface area contributed by atoms with Gasteiger partial charge in [-0.3, -0.25) is 4.90 Å². The summed E-state index contributed by atoms with van der Waals surface area (Å²) < 4.78 is 1.65. The third-order valence-corrected chi connectivity index (χ3v) is 3.30. The van der Waals surface area contributed by atoms with Gasteiger partial charge in [-0.25, -0.2) is 14.3 Å². The summed E-state index contributed by atoms with van der Waals surface area (Å²) in [5, 5.41) is 13.4. The summed E-state index contributed by atoms with van der Waals surface area (Å²) in [4.78, 5) is 16.6. The molecule has 0 bridgehead atoms. The monoisotopic (exact) mass is 259 g/mol. The van der Waals surface area contributed by atoms with Crippen molar-refractivity contribution in [1.82, 2.24) is 19.5 Å². The molecule has 1 atom stereocenters. The maximum Gasteiger partial charge on any atom is 0.408 e. The Morgan fingerprint density at radius 2 is 2.26 bits per heavy atom. The van der Waals surface area contributed by atoms with Crippen LogP contribution >= 0.6 is 0 Å². The van der Waals surface area contributed by atoms with Gasteiger partial charge in [0.05, 0.1) is 11.7 Å². The third-order valence-electron chi connectivity index (χ3n) is 3.30. The highest BCUT2D eigenvalue weighted by molar-refractivity contribution is 5.68. The van der Waals surface area contributed by atoms with Crippen molar-refractivity contribution in [1.29, 1.82) is 0 Å². The van der Waals surface area contributed by atoms with Crippen molar-refractivity contribution in [3.63, 3.8) is 0 Å². The number of carboxylic acid groups (broad SMARTS) is 1. The first-order valence-corrected chi connectivity index (χ1v) is 5.91. The molecule has 3 rings (SSSR count). The number of amides is 1. The van der Waals surface area contributed by atoms with E-state index in [1.807, 2.05) is 24.3 Å². The Labute approximate surface area is 109 Å². The molecule has 0 radical (unpaired) electrons. The summed E-state index contributed by atoms with van der Waals surface area (Å²) >= 11 is 0. The van der Waals surface area contributed by atoms with Crippen molar-refractivity contribution < 1.29 is 9.90 Å². The van der Waals surface area contributed by atoms with Gasteiger partial charge in [0.1, 0.15) is 11.8 Å². The molecule has 19 heavy (non-hydrogen) atoms. The first-order valence-electron chi connectivity index (χ1n) is 5.91. The van der Waals surface area contributed by atoms with E-state index in [9.17, 15) is 9.90 Å². The lowest BCUT2D eigenvalue weighted by molar-refractivity contribution is 0.127. The van der Waals surface area contributed by atoms with E-state index in [-0.39, 0.29) is 6.04 Å². The van der Waals surface area contributed by atoms with Crippen LogP contribution in [0.1, 0.15) is 18.2 Å². The second-order valence-electron chi connectivity index (χ2n) is 4.36. The second kappa shape index (κ2) is 4.27. The van der Waals surface area contributed by atoms with Gasteiger partial charge >= 0.3 is 6.09 Å². The normalized spacial score (nSPS) is 18.9. The first kappa shape index (κ1) is 11.5. The molecule has 2 aromatic heterocycles. The molecular formula is C12H13N5O2. The number of rotatable bonds is 1. The van der Waals surface area contributed by atoms with Gasteiger partial charge in [0, 0.05) is 6.54 Å². The maximum absolute atomic E-state index is 11.3.